The first-order chi connectivity index (χ1) is 10.3. The quantitative estimate of drug-likeness (QED) is 0.922. The molecule has 1 N–H and O–H groups in total. The molecule has 0 saturated heterocycles. The fourth-order valence-electron chi connectivity index (χ4n) is 2.25. The van der Waals surface area contributed by atoms with Gasteiger partial charge < -0.3 is 4.74 Å². The Morgan fingerprint density at radius 3 is 3.10 bits per heavy atom. The lowest BCUT2D eigenvalue weighted by Crippen LogP contribution is -2.31. The van der Waals surface area contributed by atoms with Gasteiger partial charge in [-0.3, -0.25) is 10.1 Å². The third-order valence-electron chi connectivity index (χ3n) is 3.38. The highest BCUT2D eigenvalue weighted by atomic mass is 32.1. The van der Waals surface area contributed by atoms with E-state index in [1.807, 2.05) is 24.3 Å². The van der Waals surface area contributed by atoms with Gasteiger partial charge in [0.2, 0.25) is 5.13 Å². The van der Waals surface area contributed by atoms with E-state index in [0.717, 1.165) is 35.6 Å². The Morgan fingerprint density at radius 2 is 2.29 bits per heavy atom. The fourth-order valence-corrected chi connectivity index (χ4v) is 3.03. The minimum atomic E-state index is -0.481. The lowest BCUT2D eigenvalue weighted by molar-refractivity contribution is -0.122. The average molecular weight is 303 g/mol. The van der Waals surface area contributed by atoms with Crippen LogP contribution in [0.5, 0.6) is 5.75 Å². The molecule has 1 aromatic carbocycles. The van der Waals surface area contributed by atoms with Crippen LogP contribution in [0.2, 0.25) is 0 Å². The van der Waals surface area contributed by atoms with Crippen molar-refractivity contribution in [2.75, 3.05) is 5.32 Å². The second-order valence-electron chi connectivity index (χ2n) is 5.01. The number of nitrogens with one attached hydrogen (secondary N) is 1. The number of fused-ring (bicyclic) bond motifs is 1. The van der Waals surface area contributed by atoms with Crippen LogP contribution >= 0.6 is 11.3 Å². The first kappa shape index (κ1) is 14.0. The normalized spacial score (nSPS) is 16.3. The number of hydrogen-bond donors (Lipinski definition) is 1. The summed E-state index contributed by atoms with van der Waals surface area (Å²) in [6.07, 6.45) is 3.24. The number of benzene rings is 1. The molecule has 1 amide bonds. The first-order valence-corrected chi connectivity index (χ1v) is 7.95. The van der Waals surface area contributed by atoms with Crippen molar-refractivity contribution in [2.45, 2.75) is 38.7 Å². The van der Waals surface area contributed by atoms with Gasteiger partial charge in [-0.05, 0) is 18.1 Å². The van der Waals surface area contributed by atoms with Gasteiger partial charge in [-0.25, -0.2) is 0 Å². The molecule has 0 spiro atoms. The zero-order chi connectivity index (χ0) is 14.7. The highest BCUT2D eigenvalue weighted by Crippen LogP contribution is 2.29. The Morgan fingerprint density at radius 1 is 1.43 bits per heavy atom. The number of aryl methyl sites for hydroxylation is 1. The second kappa shape index (κ2) is 6.22. The fraction of sp³-hybridized carbons (Fsp3) is 0.400. The van der Waals surface area contributed by atoms with Crippen molar-refractivity contribution in [3.8, 4) is 5.75 Å². The van der Waals surface area contributed by atoms with Crippen LogP contribution in [0.15, 0.2) is 24.3 Å². The van der Waals surface area contributed by atoms with E-state index in [-0.39, 0.29) is 5.91 Å². The standard InChI is InChI=1S/C15H17N3O2S/c1-2-3-8-13-17-18-15(21-13)16-14(19)12-9-10-6-4-5-7-11(10)20-12/h4-7,12H,2-3,8-9H2,1H3,(H,16,18,19). The van der Waals surface area contributed by atoms with Gasteiger partial charge in [-0.2, -0.15) is 0 Å². The van der Waals surface area contributed by atoms with E-state index in [1.54, 1.807) is 0 Å². The molecule has 5 nitrogen and oxygen atoms in total. The highest BCUT2D eigenvalue weighted by molar-refractivity contribution is 7.15. The summed E-state index contributed by atoms with van der Waals surface area (Å²) in [5.41, 5.74) is 1.07. The van der Waals surface area contributed by atoms with Crippen molar-refractivity contribution in [2.24, 2.45) is 0 Å². The Kier molecular flexibility index (Phi) is 4.15. The summed E-state index contributed by atoms with van der Waals surface area (Å²) in [7, 11) is 0. The SMILES string of the molecule is CCCCc1nnc(NC(=O)C2Cc3ccccc3O2)s1. The molecule has 21 heavy (non-hydrogen) atoms. The molecule has 0 saturated carbocycles. The topological polar surface area (TPSA) is 64.1 Å². The van der Waals surface area contributed by atoms with E-state index >= 15 is 0 Å². The Labute approximate surface area is 127 Å². The van der Waals surface area contributed by atoms with Crippen molar-refractivity contribution in [3.63, 3.8) is 0 Å². The number of hydrogen-bond acceptors (Lipinski definition) is 5. The van der Waals surface area contributed by atoms with Crippen molar-refractivity contribution in [1.82, 2.24) is 10.2 Å². The van der Waals surface area contributed by atoms with E-state index in [1.165, 1.54) is 11.3 Å². The summed E-state index contributed by atoms with van der Waals surface area (Å²) in [4.78, 5) is 12.2. The first-order valence-electron chi connectivity index (χ1n) is 7.14. The lowest BCUT2D eigenvalue weighted by atomic mass is 10.1. The minimum Gasteiger partial charge on any atom is -0.480 e. The summed E-state index contributed by atoms with van der Waals surface area (Å²) in [6.45, 7) is 2.14. The molecular weight excluding hydrogens is 286 g/mol. The number of aromatic nitrogens is 2. The van der Waals surface area contributed by atoms with Crippen LogP contribution < -0.4 is 10.1 Å². The number of ether oxygens (including phenoxy) is 1. The van der Waals surface area contributed by atoms with Crippen molar-refractivity contribution >= 4 is 22.4 Å². The second-order valence-corrected chi connectivity index (χ2v) is 6.07. The highest BCUT2D eigenvalue weighted by Gasteiger charge is 2.29. The molecule has 1 aliphatic rings. The number of unbranched alkanes of at least 4 members (excludes halogenated alkanes) is 1. The van der Waals surface area contributed by atoms with Crippen molar-refractivity contribution in [3.05, 3.63) is 34.8 Å². The van der Waals surface area contributed by atoms with Crippen LogP contribution in [0, 0.1) is 0 Å². The molecule has 0 fully saturated rings. The molecule has 1 aliphatic heterocycles. The average Bonchev–Trinajstić information content (AvgIpc) is 3.11. The maximum absolute atomic E-state index is 12.2. The van der Waals surface area contributed by atoms with Crippen molar-refractivity contribution < 1.29 is 9.53 Å². The molecule has 2 heterocycles. The Balaban J connectivity index is 1.59. The molecule has 2 aromatic rings. The molecule has 0 radical (unpaired) electrons. The predicted octanol–water partition coefficient (Wildman–Crippen LogP) is 2.82. The van der Waals surface area contributed by atoms with Crippen LogP contribution in [-0.2, 0) is 17.6 Å². The summed E-state index contributed by atoms with van der Waals surface area (Å²) < 4.78 is 5.66. The molecule has 6 heteroatoms. The third-order valence-corrected chi connectivity index (χ3v) is 4.28. The number of anilines is 1. The number of carbonyl (C=O) groups excluding carboxylic acids is 1. The maximum atomic E-state index is 12.2. The minimum absolute atomic E-state index is 0.163. The zero-order valence-corrected chi connectivity index (χ0v) is 12.7. The van der Waals surface area contributed by atoms with E-state index in [4.69, 9.17) is 4.74 Å². The smallest absolute Gasteiger partial charge is 0.267 e. The van der Waals surface area contributed by atoms with Crippen LogP contribution in [0.3, 0.4) is 0 Å². The van der Waals surface area contributed by atoms with E-state index in [9.17, 15) is 4.79 Å². The van der Waals surface area contributed by atoms with E-state index in [0.29, 0.717) is 11.6 Å². The van der Waals surface area contributed by atoms with Crippen LogP contribution in [0.4, 0.5) is 5.13 Å². The molecule has 110 valence electrons. The number of amides is 1. The van der Waals surface area contributed by atoms with Crippen LogP contribution in [0.1, 0.15) is 30.3 Å². The summed E-state index contributed by atoms with van der Waals surface area (Å²) in [6, 6.07) is 7.73. The molecule has 0 bridgehead atoms. The number of para-hydroxylation sites is 1. The Bertz CT molecular complexity index is 616. The number of rotatable bonds is 5. The summed E-state index contributed by atoms with van der Waals surface area (Å²) in [5.74, 6) is 0.628. The van der Waals surface area contributed by atoms with E-state index < -0.39 is 6.10 Å². The van der Waals surface area contributed by atoms with Crippen LogP contribution in [-0.4, -0.2) is 22.2 Å². The van der Waals surface area contributed by atoms with Gasteiger partial charge in [-0.15, -0.1) is 10.2 Å². The summed E-state index contributed by atoms with van der Waals surface area (Å²) >= 11 is 1.43. The Hall–Kier alpha value is -1.95. The van der Waals surface area contributed by atoms with Gasteiger partial charge in [0.1, 0.15) is 10.8 Å². The zero-order valence-electron chi connectivity index (χ0n) is 11.8. The van der Waals surface area contributed by atoms with Gasteiger partial charge in [-0.1, -0.05) is 42.9 Å². The maximum Gasteiger partial charge on any atom is 0.267 e. The molecule has 1 atom stereocenters. The number of nitrogens with zero attached hydrogens (tertiary/aromatic N) is 2. The van der Waals surface area contributed by atoms with Gasteiger partial charge >= 0.3 is 0 Å². The van der Waals surface area contributed by atoms with Crippen molar-refractivity contribution in [1.29, 1.82) is 0 Å². The molecule has 3 rings (SSSR count). The molecule has 1 unspecified atom stereocenters. The summed E-state index contributed by atoms with van der Waals surface area (Å²) in [5, 5.41) is 12.4. The van der Waals surface area contributed by atoms with Gasteiger partial charge in [0.05, 0.1) is 0 Å². The van der Waals surface area contributed by atoms with Gasteiger partial charge in [0.15, 0.2) is 6.10 Å². The largest absolute Gasteiger partial charge is 0.480 e. The van der Waals surface area contributed by atoms with Gasteiger partial charge in [0.25, 0.3) is 5.91 Å². The molecule has 1 aromatic heterocycles. The number of carbonyl (C=O) groups is 1. The van der Waals surface area contributed by atoms with E-state index in [2.05, 4.69) is 22.4 Å². The van der Waals surface area contributed by atoms with Gasteiger partial charge in [0, 0.05) is 12.8 Å². The third kappa shape index (κ3) is 3.21. The van der Waals surface area contributed by atoms with Crippen LogP contribution in [0.25, 0.3) is 0 Å². The predicted molar refractivity (Wildman–Crippen MR) is 81.7 cm³/mol. The lowest BCUT2D eigenvalue weighted by Gasteiger charge is -2.08. The molecular formula is C15H17N3O2S. The molecule has 0 aliphatic carbocycles. The monoisotopic (exact) mass is 303 g/mol.